The number of hydrogen-bond acceptors (Lipinski definition) is 3. The lowest BCUT2D eigenvalue weighted by molar-refractivity contribution is -0.139. The van der Waals surface area contributed by atoms with E-state index in [2.05, 4.69) is 5.32 Å². The molecule has 0 fully saturated rings. The second-order valence-electron chi connectivity index (χ2n) is 6.99. The second kappa shape index (κ2) is 11.9. The van der Waals surface area contributed by atoms with Gasteiger partial charge in [-0.25, -0.2) is 0 Å². The first-order valence-electron chi connectivity index (χ1n) is 9.96. The van der Waals surface area contributed by atoms with Crippen molar-refractivity contribution in [3.05, 3.63) is 65.2 Å². The summed E-state index contributed by atoms with van der Waals surface area (Å²) in [7, 11) is 0. The molecule has 0 radical (unpaired) electrons. The molecule has 0 unspecified atom stereocenters. The van der Waals surface area contributed by atoms with Gasteiger partial charge in [-0.05, 0) is 49.6 Å². The van der Waals surface area contributed by atoms with Gasteiger partial charge in [-0.2, -0.15) is 0 Å². The third-order valence-electron chi connectivity index (χ3n) is 4.76. The number of thioether (sulfide) groups is 1. The van der Waals surface area contributed by atoms with Gasteiger partial charge in [0.1, 0.15) is 6.04 Å². The van der Waals surface area contributed by atoms with Crippen LogP contribution in [0.15, 0.2) is 59.5 Å². The topological polar surface area (TPSA) is 49.4 Å². The molecule has 0 aliphatic rings. The third-order valence-corrected chi connectivity index (χ3v) is 6.01. The lowest BCUT2D eigenvalue weighted by atomic mass is 10.1. The summed E-state index contributed by atoms with van der Waals surface area (Å²) in [6, 6.07) is 16.8. The molecule has 2 aromatic carbocycles. The van der Waals surface area contributed by atoms with E-state index in [1.807, 2.05) is 75.4 Å². The Morgan fingerprint density at radius 2 is 1.69 bits per heavy atom. The van der Waals surface area contributed by atoms with Gasteiger partial charge in [0, 0.05) is 22.5 Å². The standard InChI is InChI=1S/C23H29ClN2O2S/c1-4-17(3)25-23(28)21(5-2)26(15-18-9-7-6-8-10-18)22(27)16-29-20-13-11-19(24)12-14-20/h6-14,17,21H,4-5,15-16H2,1-3H3,(H,25,28)/t17-,21+/m0/s1. The van der Waals surface area contributed by atoms with E-state index < -0.39 is 6.04 Å². The van der Waals surface area contributed by atoms with Crippen molar-refractivity contribution in [2.45, 2.75) is 57.1 Å². The number of carbonyl (C=O) groups is 2. The highest BCUT2D eigenvalue weighted by atomic mass is 35.5. The Balaban J connectivity index is 2.16. The van der Waals surface area contributed by atoms with E-state index in [1.165, 1.54) is 11.8 Å². The highest BCUT2D eigenvalue weighted by Gasteiger charge is 2.29. The number of halogens is 1. The van der Waals surface area contributed by atoms with E-state index in [0.29, 0.717) is 18.0 Å². The lowest BCUT2D eigenvalue weighted by Gasteiger charge is -2.31. The van der Waals surface area contributed by atoms with Crippen molar-refractivity contribution in [3.8, 4) is 0 Å². The van der Waals surface area contributed by atoms with Gasteiger partial charge in [-0.3, -0.25) is 9.59 Å². The van der Waals surface area contributed by atoms with Crippen molar-refractivity contribution in [1.82, 2.24) is 10.2 Å². The van der Waals surface area contributed by atoms with Crippen LogP contribution in [0.2, 0.25) is 5.02 Å². The molecule has 1 N–H and O–H groups in total. The Bertz CT molecular complexity index is 783. The Morgan fingerprint density at radius 1 is 1.03 bits per heavy atom. The largest absolute Gasteiger partial charge is 0.352 e. The summed E-state index contributed by atoms with van der Waals surface area (Å²) in [6.45, 7) is 6.36. The van der Waals surface area contributed by atoms with E-state index in [0.717, 1.165) is 16.9 Å². The first kappa shape index (κ1) is 23.3. The second-order valence-corrected chi connectivity index (χ2v) is 8.48. The number of carbonyl (C=O) groups excluding carboxylic acids is 2. The molecule has 0 heterocycles. The molecule has 0 bridgehead atoms. The number of nitrogens with one attached hydrogen (secondary N) is 1. The summed E-state index contributed by atoms with van der Waals surface area (Å²) >= 11 is 7.39. The molecule has 2 rings (SSSR count). The van der Waals surface area contributed by atoms with Crippen LogP contribution in [0.25, 0.3) is 0 Å². The predicted molar refractivity (Wildman–Crippen MR) is 121 cm³/mol. The molecule has 0 aliphatic heterocycles. The number of amides is 2. The van der Waals surface area contributed by atoms with Crippen molar-refractivity contribution < 1.29 is 9.59 Å². The quantitative estimate of drug-likeness (QED) is 0.528. The minimum absolute atomic E-state index is 0.0556. The molecule has 29 heavy (non-hydrogen) atoms. The summed E-state index contributed by atoms with van der Waals surface area (Å²) in [5.41, 5.74) is 1.01. The van der Waals surface area contributed by atoms with Crippen LogP contribution in [0, 0.1) is 0 Å². The average Bonchev–Trinajstić information content (AvgIpc) is 2.73. The number of hydrogen-bond donors (Lipinski definition) is 1. The van der Waals surface area contributed by atoms with Gasteiger partial charge in [0.2, 0.25) is 11.8 Å². The van der Waals surface area contributed by atoms with Crippen LogP contribution in [0.1, 0.15) is 39.2 Å². The number of benzene rings is 2. The Morgan fingerprint density at radius 3 is 2.28 bits per heavy atom. The van der Waals surface area contributed by atoms with Crippen LogP contribution >= 0.6 is 23.4 Å². The highest BCUT2D eigenvalue weighted by molar-refractivity contribution is 8.00. The van der Waals surface area contributed by atoms with E-state index in [-0.39, 0.29) is 23.6 Å². The van der Waals surface area contributed by atoms with Crippen molar-refractivity contribution in [3.63, 3.8) is 0 Å². The first-order valence-corrected chi connectivity index (χ1v) is 11.3. The fourth-order valence-electron chi connectivity index (χ4n) is 2.90. The summed E-state index contributed by atoms with van der Waals surface area (Å²) < 4.78 is 0. The van der Waals surface area contributed by atoms with Crippen LogP contribution in [0.3, 0.4) is 0 Å². The fraction of sp³-hybridized carbons (Fsp3) is 0.391. The molecule has 0 saturated carbocycles. The molecule has 0 spiro atoms. The van der Waals surface area contributed by atoms with Crippen molar-refractivity contribution >= 4 is 35.2 Å². The maximum absolute atomic E-state index is 13.1. The zero-order valence-corrected chi connectivity index (χ0v) is 18.8. The minimum Gasteiger partial charge on any atom is -0.352 e. The zero-order chi connectivity index (χ0) is 21.2. The summed E-state index contributed by atoms with van der Waals surface area (Å²) in [4.78, 5) is 28.7. The normalized spacial score (nSPS) is 12.8. The smallest absolute Gasteiger partial charge is 0.243 e. The maximum Gasteiger partial charge on any atom is 0.243 e. The van der Waals surface area contributed by atoms with E-state index in [4.69, 9.17) is 11.6 Å². The van der Waals surface area contributed by atoms with Crippen LogP contribution in [0.4, 0.5) is 0 Å². The van der Waals surface area contributed by atoms with E-state index in [1.54, 1.807) is 4.90 Å². The fourth-order valence-corrected chi connectivity index (χ4v) is 3.81. The van der Waals surface area contributed by atoms with Crippen LogP contribution in [-0.2, 0) is 16.1 Å². The van der Waals surface area contributed by atoms with Gasteiger partial charge in [0.15, 0.2) is 0 Å². The lowest BCUT2D eigenvalue weighted by Crippen LogP contribution is -2.51. The molecule has 2 aromatic rings. The van der Waals surface area contributed by atoms with Crippen molar-refractivity contribution in [2.75, 3.05) is 5.75 Å². The third kappa shape index (κ3) is 7.41. The van der Waals surface area contributed by atoms with Gasteiger partial charge in [-0.15, -0.1) is 11.8 Å². The van der Waals surface area contributed by atoms with E-state index >= 15 is 0 Å². The number of rotatable bonds is 10. The Kier molecular flexibility index (Phi) is 9.55. The average molecular weight is 433 g/mol. The molecule has 0 aliphatic carbocycles. The molecular weight excluding hydrogens is 404 g/mol. The summed E-state index contributed by atoms with van der Waals surface area (Å²) in [5.74, 6) is 0.115. The predicted octanol–water partition coefficient (Wildman–Crippen LogP) is 5.15. The molecule has 4 nitrogen and oxygen atoms in total. The maximum atomic E-state index is 13.1. The monoisotopic (exact) mass is 432 g/mol. The summed E-state index contributed by atoms with van der Waals surface area (Å²) in [5, 5.41) is 3.69. The highest BCUT2D eigenvalue weighted by Crippen LogP contribution is 2.22. The van der Waals surface area contributed by atoms with E-state index in [9.17, 15) is 9.59 Å². The molecule has 2 atom stereocenters. The molecule has 156 valence electrons. The first-order chi connectivity index (χ1) is 13.9. The van der Waals surface area contributed by atoms with Crippen LogP contribution in [0.5, 0.6) is 0 Å². The number of nitrogens with zero attached hydrogens (tertiary/aromatic N) is 1. The van der Waals surface area contributed by atoms with Crippen LogP contribution < -0.4 is 5.32 Å². The molecule has 0 aromatic heterocycles. The van der Waals surface area contributed by atoms with Gasteiger partial charge in [-0.1, -0.05) is 55.8 Å². The molecule has 2 amide bonds. The van der Waals surface area contributed by atoms with Gasteiger partial charge < -0.3 is 10.2 Å². The summed E-state index contributed by atoms with van der Waals surface area (Å²) in [6.07, 6.45) is 1.41. The van der Waals surface area contributed by atoms with Crippen LogP contribution in [-0.4, -0.2) is 34.6 Å². The van der Waals surface area contributed by atoms with Crippen molar-refractivity contribution in [2.24, 2.45) is 0 Å². The molecular formula is C23H29ClN2O2S. The van der Waals surface area contributed by atoms with Gasteiger partial charge >= 0.3 is 0 Å². The van der Waals surface area contributed by atoms with Gasteiger partial charge in [0.25, 0.3) is 0 Å². The Hall–Kier alpha value is -1.98. The van der Waals surface area contributed by atoms with Gasteiger partial charge in [0.05, 0.1) is 5.75 Å². The van der Waals surface area contributed by atoms with Crippen molar-refractivity contribution in [1.29, 1.82) is 0 Å². The minimum atomic E-state index is -0.498. The molecule has 6 heteroatoms. The SMILES string of the molecule is CC[C@H](C(=O)N[C@@H](C)CC)N(Cc1ccccc1)C(=O)CSc1ccc(Cl)cc1. The molecule has 0 saturated heterocycles. The Labute approximate surface area is 183 Å². The zero-order valence-electron chi connectivity index (χ0n) is 17.2.